The minimum Gasteiger partial charge on any atom is -0.493 e. The maximum Gasteiger partial charge on any atom is 0.253 e. The number of halogens is 1. The first-order valence-electron chi connectivity index (χ1n) is 8.18. The Morgan fingerprint density at radius 1 is 1.29 bits per heavy atom. The van der Waals surface area contributed by atoms with Crippen LogP contribution in [-0.2, 0) is 4.74 Å². The van der Waals surface area contributed by atoms with E-state index in [4.69, 9.17) is 15.2 Å². The molecule has 0 heterocycles. The van der Waals surface area contributed by atoms with E-state index in [0.717, 1.165) is 12.8 Å². The van der Waals surface area contributed by atoms with Gasteiger partial charge in [0.1, 0.15) is 5.75 Å². The van der Waals surface area contributed by atoms with Gasteiger partial charge in [-0.2, -0.15) is 0 Å². The SMILES string of the molecule is COCCCOc1cccc(C(=O)N(C)CCC(N)C(C)C)c1.Cl. The van der Waals surface area contributed by atoms with Crippen LogP contribution in [0.3, 0.4) is 0 Å². The molecular formula is C18H31ClN2O3. The van der Waals surface area contributed by atoms with Crippen LogP contribution >= 0.6 is 12.4 Å². The highest BCUT2D eigenvalue weighted by Crippen LogP contribution is 2.15. The van der Waals surface area contributed by atoms with E-state index in [-0.39, 0.29) is 24.4 Å². The first kappa shape index (κ1) is 22.7. The number of amides is 1. The summed E-state index contributed by atoms with van der Waals surface area (Å²) in [6, 6.07) is 7.41. The second kappa shape index (κ2) is 12.1. The van der Waals surface area contributed by atoms with E-state index in [9.17, 15) is 4.79 Å². The average Bonchev–Trinajstić information content (AvgIpc) is 2.55. The molecule has 5 nitrogen and oxygen atoms in total. The Morgan fingerprint density at radius 3 is 2.62 bits per heavy atom. The van der Waals surface area contributed by atoms with Gasteiger partial charge in [0.25, 0.3) is 5.91 Å². The summed E-state index contributed by atoms with van der Waals surface area (Å²) in [4.78, 5) is 14.2. The van der Waals surface area contributed by atoms with Crippen molar-refractivity contribution in [2.45, 2.75) is 32.7 Å². The molecule has 0 saturated carbocycles. The Kier molecular flexibility index (Phi) is 11.5. The molecule has 24 heavy (non-hydrogen) atoms. The Labute approximate surface area is 151 Å². The summed E-state index contributed by atoms with van der Waals surface area (Å²) in [5.74, 6) is 1.12. The topological polar surface area (TPSA) is 64.8 Å². The lowest BCUT2D eigenvalue weighted by Gasteiger charge is -2.21. The van der Waals surface area contributed by atoms with Crippen molar-refractivity contribution < 1.29 is 14.3 Å². The molecule has 1 aromatic rings. The smallest absolute Gasteiger partial charge is 0.253 e. The van der Waals surface area contributed by atoms with E-state index >= 15 is 0 Å². The predicted molar refractivity (Wildman–Crippen MR) is 100 cm³/mol. The van der Waals surface area contributed by atoms with Crippen molar-refractivity contribution in [3.05, 3.63) is 29.8 Å². The molecular weight excluding hydrogens is 328 g/mol. The molecule has 0 aliphatic rings. The van der Waals surface area contributed by atoms with Crippen LogP contribution in [0.4, 0.5) is 0 Å². The first-order chi connectivity index (χ1) is 11.0. The van der Waals surface area contributed by atoms with Gasteiger partial charge in [0.2, 0.25) is 0 Å². The van der Waals surface area contributed by atoms with E-state index in [1.54, 1.807) is 18.1 Å². The first-order valence-corrected chi connectivity index (χ1v) is 8.18. The van der Waals surface area contributed by atoms with Crippen LogP contribution in [0.2, 0.25) is 0 Å². The third kappa shape index (κ3) is 7.99. The largest absolute Gasteiger partial charge is 0.493 e. The molecule has 1 amide bonds. The highest BCUT2D eigenvalue weighted by molar-refractivity contribution is 5.94. The molecule has 0 spiro atoms. The van der Waals surface area contributed by atoms with E-state index in [0.29, 0.717) is 37.0 Å². The van der Waals surface area contributed by atoms with E-state index in [1.807, 2.05) is 25.2 Å². The molecule has 0 saturated heterocycles. The highest BCUT2D eigenvalue weighted by Gasteiger charge is 2.15. The molecule has 0 fully saturated rings. The molecule has 0 radical (unpaired) electrons. The van der Waals surface area contributed by atoms with Crippen LogP contribution < -0.4 is 10.5 Å². The number of carbonyl (C=O) groups is 1. The number of ether oxygens (including phenoxy) is 2. The van der Waals surface area contributed by atoms with E-state index in [1.165, 1.54) is 0 Å². The number of benzene rings is 1. The second-order valence-electron chi connectivity index (χ2n) is 6.15. The van der Waals surface area contributed by atoms with Gasteiger partial charge in [-0.1, -0.05) is 19.9 Å². The molecule has 1 atom stereocenters. The van der Waals surface area contributed by atoms with Gasteiger partial charge >= 0.3 is 0 Å². The molecule has 0 aliphatic heterocycles. The molecule has 1 unspecified atom stereocenters. The fraction of sp³-hybridized carbons (Fsp3) is 0.611. The number of hydrogen-bond acceptors (Lipinski definition) is 4. The molecule has 0 aliphatic carbocycles. The lowest BCUT2D eigenvalue weighted by molar-refractivity contribution is 0.0788. The van der Waals surface area contributed by atoms with E-state index < -0.39 is 0 Å². The monoisotopic (exact) mass is 358 g/mol. The van der Waals surface area contributed by atoms with Crippen LogP contribution in [0.15, 0.2) is 24.3 Å². The molecule has 0 bridgehead atoms. The van der Waals surface area contributed by atoms with Gasteiger partial charge in [-0.25, -0.2) is 0 Å². The van der Waals surface area contributed by atoms with Crippen molar-refractivity contribution >= 4 is 18.3 Å². The highest BCUT2D eigenvalue weighted by atomic mass is 35.5. The molecule has 138 valence electrons. The summed E-state index contributed by atoms with van der Waals surface area (Å²) in [5, 5.41) is 0. The average molecular weight is 359 g/mol. The minimum absolute atomic E-state index is 0. The zero-order valence-electron chi connectivity index (χ0n) is 15.2. The molecule has 0 aromatic heterocycles. The van der Waals surface area contributed by atoms with Crippen molar-refractivity contribution in [1.29, 1.82) is 0 Å². The number of hydrogen-bond donors (Lipinski definition) is 1. The van der Waals surface area contributed by atoms with Crippen molar-refractivity contribution in [2.75, 3.05) is 33.9 Å². The van der Waals surface area contributed by atoms with Gasteiger partial charge in [-0.05, 0) is 30.5 Å². The van der Waals surface area contributed by atoms with Gasteiger partial charge in [0, 0.05) is 45.3 Å². The summed E-state index contributed by atoms with van der Waals surface area (Å²) in [7, 11) is 3.47. The van der Waals surface area contributed by atoms with Gasteiger partial charge < -0.3 is 20.1 Å². The van der Waals surface area contributed by atoms with Gasteiger partial charge in [-0.3, -0.25) is 4.79 Å². The fourth-order valence-corrected chi connectivity index (χ4v) is 2.11. The Morgan fingerprint density at radius 2 is 2.00 bits per heavy atom. The maximum atomic E-state index is 12.5. The normalized spacial score (nSPS) is 11.8. The van der Waals surface area contributed by atoms with Crippen molar-refractivity contribution in [3.8, 4) is 5.75 Å². The fourth-order valence-electron chi connectivity index (χ4n) is 2.11. The number of nitrogens with zero attached hydrogens (tertiary/aromatic N) is 1. The number of methoxy groups -OCH3 is 1. The quantitative estimate of drug-likeness (QED) is 0.653. The van der Waals surface area contributed by atoms with Crippen LogP contribution in [0.1, 0.15) is 37.0 Å². The number of nitrogens with two attached hydrogens (primary N) is 1. The third-order valence-corrected chi connectivity index (χ3v) is 3.84. The number of carbonyl (C=O) groups excluding carboxylic acids is 1. The maximum absolute atomic E-state index is 12.5. The summed E-state index contributed by atoms with van der Waals surface area (Å²) in [6.07, 6.45) is 1.62. The van der Waals surface area contributed by atoms with Crippen LogP contribution in [0.25, 0.3) is 0 Å². The molecule has 1 rings (SSSR count). The minimum atomic E-state index is -0.0108. The lowest BCUT2D eigenvalue weighted by atomic mass is 10.0. The molecule has 2 N–H and O–H groups in total. The van der Waals surface area contributed by atoms with Gasteiger partial charge in [0.15, 0.2) is 0 Å². The van der Waals surface area contributed by atoms with Crippen LogP contribution in [-0.4, -0.2) is 50.8 Å². The van der Waals surface area contributed by atoms with Gasteiger partial charge in [-0.15, -0.1) is 12.4 Å². The zero-order chi connectivity index (χ0) is 17.2. The Hall–Kier alpha value is -1.30. The summed E-state index contributed by atoms with van der Waals surface area (Å²) >= 11 is 0. The summed E-state index contributed by atoms with van der Waals surface area (Å²) < 4.78 is 10.6. The summed E-state index contributed by atoms with van der Waals surface area (Å²) in [5.41, 5.74) is 6.67. The molecule has 6 heteroatoms. The Bertz CT molecular complexity index is 483. The zero-order valence-corrected chi connectivity index (χ0v) is 16.0. The van der Waals surface area contributed by atoms with Crippen molar-refractivity contribution in [3.63, 3.8) is 0 Å². The third-order valence-electron chi connectivity index (χ3n) is 3.84. The van der Waals surface area contributed by atoms with E-state index in [2.05, 4.69) is 13.8 Å². The van der Waals surface area contributed by atoms with Crippen molar-refractivity contribution in [1.82, 2.24) is 4.90 Å². The van der Waals surface area contributed by atoms with Crippen molar-refractivity contribution in [2.24, 2.45) is 11.7 Å². The Balaban J connectivity index is 0.00000529. The summed E-state index contributed by atoms with van der Waals surface area (Å²) in [6.45, 7) is 6.08. The van der Waals surface area contributed by atoms with Gasteiger partial charge in [0.05, 0.1) is 6.61 Å². The van der Waals surface area contributed by atoms with Crippen LogP contribution in [0.5, 0.6) is 5.75 Å². The lowest BCUT2D eigenvalue weighted by Crippen LogP contribution is -2.34. The standard InChI is InChI=1S/C18H30N2O3.ClH/c1-14(2)17(19)9-10-20(3)18(21)15-7-5-8-16(13-15)23-12-6-11-22-4;/h5,7-8,13-14,17H,6,9-12,19H2,1-4H3;1H. The predicted octanol–water partition coefficient (Wildman–Crippen LogP) is 2.97. The number of rotatable bonds is 10. The van der Waals surface area contributed by atoms with Crippen LogP contribution in [0, 0.1) is 5.92 Å². The second-order valence-corrected chi connectivity index (χ2v) is 6.15. The molecule has 1 aromatic carbocycles.